The largest absolute Gasteiger partial charge is 0.343 e. The van der Waals surface area contributed by atoms with Crippen LogP contribution in [-0.2, 0) is 11.2 Å². The zero-order valence-corrected chi connectivity index (χ0v) is 18.3. The normalized spacial score (nSPS) is 20.7. The minimum absolute atomic E-state index is 0.284. The number of carbonyl (C=O) groups is 1. The lowest BCUT2D eigenvalue weighted by atomic mass is 10.0. The van der Waals surface area contributed by atoms with Crippen LogP contribution in [0.1, 0.15) is 74.0 Å². The number of hydrogen-bond donors (Lipinski definition) is 0. The fraction of sp³-hybridized carbons (Fsp3) is 0.696. The van der Waals surface area contributed by atoms with Crippen molar-refractivity contribution in [2.24, 2.45) is 0 Å². The molecule has 0 saturated carbocycles. The standard InChI is InChI=1S/C23H35N5O/c1-4-11-26-14-10-19(16-26)21-15-22-24-17(2)20(18(3)28(22)25-21)8-9-23(29)27-12-6-5-7-13-27/h15,19H,4-14,16H2,1-3H3/t19-/m1/s1. The highest BCUT2D eigenvalue weighted by molar-refractivity contribution is 5.76. The Bertz CT molecular complexity index is 868. The Labute approximate surface area is 174 Å². The number of fused-ring (bicyclic) bond motifs is 1. The summed E-state index contributed by atoms with van der Waals surface area (Å²) in [7, 11) is 0. The Morgan fingerprint density at radius 1 is 1.17 bits per heavy atom. The highest BCUT2D eigenvalue weighted by Gasteiger charge is 2.26. The van der Waals surface area contributed by atoms with Crippen LogP contribution < -0.4 is 0 Å². The predicted molar refractivity (Wildman–Crippen MR) is 115 cm³/mol. The Morgan fingerprint density at radius 2 is 1.97 bits per heavy atom. The Kier molecular flexibility index (Phi) is 6.18. The lowest BCUT2D eigenvalue weighted by molar-refractivity contribution is -0.132. The monoisotopic (exact) mass is 397 g/mol. The number of nitrogens with zero attached hydrogens (tertiary/aromatic N) is 5. The van der Waals surface area contributed by atoms with Gasteiger partial charge in [0.05, 0.1) is 5.69 Å². The second kappa shape index (κ2) is 8.82. The first kappa shape index (κ1) is 20.3. The smallest absolute Gasteiger partial charge is 0.222 e. The quantitative estimate of drug-likeness (QED) is 0.749. The fourth-order valence-electron chi connectivity index (χ4n) is 5.03. The summed E-state index contributed by atoms with van der Waals surface area (Å²) in [6, 6.07) is 2.17. The van der Waals surface area contributed by atoms with E-state index in [4.69, 9.17) is 10.1 Å². The van der Waals surface area contributed by atoms with Gasteiger partial charge in [0.1, 0.15) is 0 Å². The number of amides is 1. The molecule has 0 radical (unpaired) electrons. The maximum absolute atomic E-state index is 12.6. The van der Waals surface area contributed by atoms with Gasteiger partial charge in [-0.1, -0.05) is 6.92 Å². The van der Waals surface area contributed by atoms with Gasteiger partial charge in [0, 0.05) is 49.4 Å². The van der Waals surface area contributed by atoms with Crippen molar-refractivity contribution in [2.75, 3.05) is 32.7 Å². The molecule has 2 fully saturated rings. The SMILES string of the molecule is CCCN1CC[C@@H](c2cc3nc(C)c(CCC(=O)N4CCCCC4)c(C)n3n2)C1. The van der Waals surface area contributed by atoms with E-state index in [0.29, 0.717) is 12.3 Å². The number of carbonyl (C=O) groups excluding carboxylic acids is 1. The first-order valence-corrected chi connectivity index (χ1v) is 11.4. The summed E-state index contributed by atoms with van der Waals surface area (Å²) in [4.78, 5) is 22.0. The van der Waals surface area contributed by atoms with Gasteiger partial charge in [-0.2, -0.15) is 5.10 Å². The molecule has 6 heteroatoms. The molecule has 2 aromatic heterocycles. The van der Waals surface area contributed by atoms with Crippen LogP contribution in [0, 0.1) is 13.8 Å². The van der Waals surface area contributed by atoms with Crippen LogP contribution in [0.2, 0.25) is 0 Å². The summed E-state index contributed by atoms with van der Waals surface area (Å²) in [6.45, 7) is 11.7. The molecule has 2 aliphatic rings. The molecule has 0 bridgehead atoms. The lowest BCUT2D eigenvalue weighted by Crippen LogP contribution is -2.35. The van der Waals surface area contributed by atoms with Crippen molar-refractivity contribution in [2.45, 2.75) is 71.6 Å². The van der Waals surface area contributed by atoms with Crippen LogP contribution >= 0.6 is 0 Å². The average Bonchev–Trinajstić information content (AvgIpc) is 3.35. The molecular formula is C23H35N5O. The molecule has 0 spiro atoms. The van der Waals surface area contributed by atoms with Crippen molar-refractivity contribution in [1.82, 2.24) is 24.4 Å². The van der Waals surface area contributed by atoms with Crippen LogP contribution in [0.25, 0.3) is 5.65 Å². The van der Waals surface area contributed by atoms with Crippen molar-refractivity contribution >= 4 is 11.6 Å². The number of aryl methyl sites for hydroxylation is 2. The van der Waals surface area contributed by atoms with E-state index in [2.05, 4.69) is 31.7 Å². The third-order valence-electron chi connectivity index (χ3n) is 6.71. The first-order valence-electron chi connectivity index (χ1n) is 11.4. The van der Waals surface area contributed by atoms with Crippen LogP contribution in [-0.4, -0.2) is 63.0 Å². The predicted octanol–water partition coefficient (Wildman–Crippen LogP) is 3.49. The molecule has 0 aromatic carbocycles. The molecule has 6 nitrogen and oxygen atoms in total. The molecule has 2 aliphatic heterocycles. The number of likely N-dealkylation sites (tertiary alicyclic amines) is 2. The molecule has 1 atom stereocenters. The Morgan fingerprint density at radius 3 is 2.72 bits per heavy atom. The van der Waals surface area contributed by atoms with Crippen LogP contribution in [0.3, 0.4) is 0 Å². The van der Waals surface area contributed by atoms with Gasteiger partial charge in [-0.15, -0.1) is 0 Å². The minimum atomic E-state index is 0.284. The number of piperidine rings is 1. The number of rotatable bonds is 6. The van der Waals surface area contributed by atoms with Gasteiger partial charge in [0.25, 0.3) is 0 Å². The zero-order valence-electron chi connectivity index (χ0n) is 18.3. The molecule has 29 heavy (non-hydrogen) atoms. The highest BCUT2D eigenvalue weighted by atomic mass is 16.2. The minimum Gasteiger partial charge on any atom is -0.343 e. The van der Waals surface area contributed by atoms with Crippen molar-refractivity contribution in [3.63, 3.8) is 0 Å². The van der Waals surface area contributed by atoms with E-state index in [-0.39, 0.29) is 5.91 Å². The van der Waals surface area contributed by atoms with Crippen molar-refractivity contribution in [1.29, 1.82) is 0 Å². The second-order valence-electron chi connectivity index (χ2n) is 8.83. The number of hydrogen-bond acceptors (Lipinski definition) is 4. The summed E-state index contributed by atoms with van der Waals surface area (Å²) in [5, 5.41) is 4.94. The van der Waals surface area contributed by atoms with Gasteiger partial charge in [-0.3, -0.25) is 4.79 Å². The molecule has 0 unspecified atom stereocenters. The molecule has 4 heterocycles. The van der Waals surface area contributed by atoms with E-state index in [1.54, 1.807) is 0 Å². The van der Waals surface area contributed by atoms with Gasteiger partial charge in [0.15, 0.2) is 5.65 Å². The van der Waals surface area contributed by atoms with E-state index >= 15 is 0 Å². The van der Waals surface area contributed by atoms with E-state index in [1.165, 1.54) is 43.6 Å². The Hall–Kier alpha value is -1.95. The zero-order chi connectivity index (χ0) is 20.4. The molecule has 2 saturated heterocycles. The van der Waals surface area contributed by atoms with Gasteiger partial charge in [-0.05, 0) is 71.0 Å². The average molecular weight is 398 g/mol. The van der Waals surface area contributed by atoms with Crippen molar-refractivity contribution in [3.8, 4) is 0 Å². The molecular weight excluding hydrogens is 362 g/mol. The van der Waals surface area contributed by atoms with E-state index in [1.807, 2.05) is 9.42 Å². The van der Waals surface area contributed by atoms with E-state index < -0.39 is 0 Å². The third kappa shape index (κ3) is 4.32. The lowest BCUT2D eigenvalue weighted by Gasteiger charge is -2.26. The molecule has 0 N–H and O–H groups in total. The number of aromatic nitrogens is 3. The Balaban J connectivity index is 1.49. The summed E-state index contributed by atoms with van der Waals surface area (Å²) in [5.74, 6) is 0.791. The topological polar surface area (TPSA) is 53.7 Å². The first-order chi connectivity index (χ1) is 14.1. The van der Waals surface area contributed by atoms with Crippen molar-refractivity contribution < 1.29 is 4.79 Å². The summed E-state index contributed by atoms with van der Waals surface area (Å²) < 4.78 is 2.01. The molecule has 4 rings (SSSR count). The molecule has 2 aromatic rings. The van der Waals surface area contributed by atoms with Gasteiger partial charge >= 0.3 is 0 Å². The molecule has 1 amide bonds. The van der Waals surface area contributed by atoms with Crippen LogP contribution in [0.5, 0.6) is 0 Å². The second-order valence-corrected chi connectivity index (χ2v) is 8.83. The fourth-order valence-corrected chi connectivity index (χ4v) is 5.03. The van der Waals surface area contributed by atoms with E-state index in [9.17, 15) is 4.79 Å². The van der Waals surface area contributed by atoms with Crippen molar-refractivity contribution in [3.05, 3.63) is 28.7 Å². The van der Waals surface area contributed by atoms with Gasteiger partial charge in [0.2, 0.25) is 5.91 Å². The van der Waals surface area contributed by atoms with Crippen LogP contribution in [0.15, 0.2) is 6.07 Å². The molecule has 0 aliphatic carbocycles. The molecule has 158 valence electrons. The van der Waals surface area contributed by atoms with Gasteiger partial charge < -0.3 is 9.80 Å². The summed E-state index contributed by atoms with van der Waals surface area (Å²) in [6.07, 6.45) is 7.24. The summed E-state index contributed by atoms with van der Waals surface area (Å²) in [5.41, 5.74) is 5.45. The maximum atomic E-state index is 12.6. The summed E-state index contributed by atoms with van der Waals surface area (Å²) >= 11 is 0. The van der Waals surface area contributed by atoms with Crippen LogP contribution in [0.4, 0.5) is 0 Å². The van der Waals surface area contributed by atoms with E-state index in [0.717, 1.165) is 55.9 Å². The maximum Gasteiger partial charge on any atom is 0.222 e. The third-order valence-corrected chi connectivity index (χ3v) is 6.71. The van der Waals surface area contributed by atoms with Gasteiger partial charge in [-0.25, -0.2) is 9.50 Å². The highest BCUT2D eigenvalue weighted by Crippen LogP contribution is 2.28.